The number of anilines is 1. The van der Waals surface area contributed by atoms with E-state index in [0.717, 1.165) is 4.90 Å². The summed E-state index contributed by atoms with van der Waals surface area (Å²) < 4.78 is 0. The molecule has 1 aromatic heterocycles. The van der Waals surface area contributed by atoms with Crippen molar-refractivity contribution in [3.05, 3.63) is 57.4 Å². The van der Waals surface area contributed by atoms with Crippen LogP contribution in [-0.4, -0.2) is 21.7 Å². The van der Waals surface area contributed by atoms with Crippen LogP contribution in [0.1, 0.15) is 19.8 Å². The highest BCUT2D eigenvalue weighted by molar-refractivity contribution is 6.30. The van der Waals surface area contributed by atoms with Crippen LogP contribution in [0.15, 0.2) is 47.3 Å². The Labute approximate surface area is 131 Å². The van der Waals surface area contributed by atoms with Crippen LogP contribution in [0.2, 0.25) is 0 Å². The fourth-order valence-electron chi connectivity index (χ4n) is 3.90. The molecule has 1 aliphatic heterocycles. The number of allylic oxidation sites excluding steroid dienone is 3. The van der Waals surface area contributed by atoms with Gasteiger partial charge in [-0.05, 0) is 37.5 Å². The fourth-order valence-corrected chi connectivity index (χ4v) is 3.90. The molecule has 3 aliphatic carbocycles. The molecule has 0 N–H and O–H groups in total. The minimum absolute atomic E-state index is 0.0246. The largest absolute Gasteiger partial charge is 0.273 e. The number of amides is 2. The predicted molar refractivity (Wildman–Crippen MR) is 79.7 cm³/mol. The molecule has 0 aromatic carbocycles. The summed E-state index contributed by atoms with van der Waals surface area (Å²) in [5.41, 5.74) is 0.0929. The van der Waals surface area contributed by atoms with E-state index >= 15 is 0 Å². The molecule has 7 heteroatoms. The van der Waals surface area contributed by atoms with Crippen molar-refractivity contribution in [1.29, 1.82) is 0 Å². The lowest BCUT2D eigenvalue weighted by Crippen LogP contribution is -2.43. The third-order valence-corrected chi connectivity index (χ3v) is 5.06. The summed E-state index contributed by atoms with van der Waals surface area (Å²) in [6.07, 6.45) is 4.06. The fraction of sp³-hybridized carbons (Fsp3) is 0.312. The van der Waals surface area contributed by atoms with Gasteiger partial charge in [-0.1, -0.05) is 6.07 Å². The van der Waals surface area contributed by atoms with Gasteiger partial charge in [0.15, 0.2) is 0 Å². The van der Waals surface area contributed by atoms with Crippen molar-refractivity contribution in [3.8, 4) is 0 Å². The molecule has 4 aliphatic rings. The molecule has 1 fully saturated rings. The van der Waals surface area contributed by atoms with Gasteiger partial charge in [0.2, 0.25) is 5.91 Å². The number of rotatable bonds is 2. The number of hydrogen-bond acceptors (Lipinski definition) is 5. The maximum absolute atomic E-state index is 12.9. The first-order valence-corrected chi connectivity index (χ1v) is 7.34. The lowest BCUT2D eigenvalue weighted by atomic mass is 9.60. The van der Waals surface area contributed by atoms with Crippen LogP contribution < -0.4 is 4.90 Å². The molecule has 5 rings (SSSR count). The van der Waals surface area contributed by atoms with E-state index in [1.54, 1.807) is 25.1 Å². The van der Waals surface area contributed by atoms with Crippen LogP contribution in [0.25, 0.3) is 0 Å². The zero-order chi connectivity index (χ0) is 16.4. The highest BCUT2D eigenvalue weighted by Crippen LogP contribution is 2.57. The van der Waals surface area contributed by atoms with Crippen LogP contribution in [0.3, 0.4) is 0 Å². The van der Waals surface area contributed by atoms with E-state index < -0.39 is 28.1 Å². The first kappa shape index (κ1) is 13.8. The number of nitrogens with zero attached hydrogens (tertiary/aromatic N) is 3. The molecule has 2 bridgehead atoms. The Kier molecular flexibility index (Phi) is 2.61. The second kappa shape index (κ2) is 4.34. The van der Waals surface area contributed by atoms with E-state index in [4.69, 9.17) is 0 Å². The summed E-state index contributed by atoms with van der Waals surface area (Å²) in [6, 6.07) is 4.98. The number of fused-ring (bicyclic) bond motifs is 1. The Morgan fingerprint density at radius 1 is 1.39 bits per heavy atom. The SMILES string of the molecule is CC12CCC(=C3C(=O)N(c4ccccn4)C(=O)C31)C=C2[N+](=O)[O-]. The molecule has 23 heavy (non-hydrogen) atoms. The van der Waals surface area contributed by atoms with Gasteiger partial charge < -0.3 is 0 Å². The van der Waals surface area contributed by atoms with Gasteiger partial charge in [-0.15, -0.1) is 0 Å². The normalized spacial score (nSPS) is 29.0. The van der Waals surface area contributed by atoms with Crippen molar-refractivity contribution >= 4 is 17.6 Å². The van der Waals surface area contributed by atoms with E-state index in [1.807, 2.05) is 0 Å². The number of carbonyl (C=O) groups excluding carboxylic acids is 2. The molecule has 0 radical (unpaired) electrons. The lowest BCUT2D eigenvalue weighted by Gasteiger charge is -2.39. The number of aromatic nitrogens is 1. The first-order valence-electron chi connectivity index (χ1n) is 7.34. The van der Waals surface area contributed by atoms with E-state index in [2.05, 4.69) is 4.98 Å². The quantitative estimate of drug-likeness (QED) is 0.472. The Morgan fingerprint density at radius 3 is 2.83 bits per heavy atom. The van der Waals surface area contributed by atoms with Crippen LogP contribution in [-0.2, 0) is 9.59 Å². The number of imide groups is 1. The van der Waals surface area contributed by atoms with Gasteiger partial charge in [-0.25, -0.2) is 9.88 Å². The first-order chi connectivity index (χ1) is 10.9. The Bertz CT molecular complexity index is 827. The molecule has 2 amide bonds. The van der Waals surface area contributed by atoms with Crippen LogP contribution in [0.5, 0.6) is 0 Å². The van der Waals surface area contributed by atoms with Crippen molar-refractivity contribution in [3.63, 3.8) is 0 Å². The zero-order valence-electron chi connectivity index (χ0n) is 12.4. The van der Waals surface area contributed by atoms with Crippen molar-refractivity contribution in [2.45, 2.75) is 19.8 Å². The molecule has 116 valence electrons. The molecule has 2 atom stereocenters. The molecule has 2 unspecified atom stereocenters. The third kappa shape index (κ3) is 1.61. The smallest absolute Gasteiger partial charge is 0.263 e. The van der Waals surface area contributed by atoms with Crippen molar-refractivity contribution < 1.29 is 14.5 Å². The molecular formula is C16H13N3O4. The maximum Gasteiger partial charge on any atom is 0.263 e. The second-order valence-electron chi connectivity index (χ2n) is 6.24. The van der Waals surface area contributed by atoms with Gasteiger partial charge in [0.1, 0.15) is 5.82 Å². The summed E-state index contributed by atoms with van der Waals surface area (Å²) in [5.74, 6) is -1.35. The molecule has 1 saturated heterocycles. The number of pyridine rings is 1. The summed E-state index contributed by atoms with van der Waals surface area (Å²) in [5, 5.41) is 11.4. The lowest BCUT2D eigenvalue weighted by molar-refractivity contribution is -0.443. The molecule has 0 saturated carbocycles. The second-order valence-corrected chi connectivity index (χ2v) is 6.24. The van der Waals surface area contributed by atoms with Crippen molar-refractivity contribution in [1.82, 2.24) is 4.98 Å². The minimum atomic E-state index is -0.948. The number of carbonyl (C=O) groups is 2. The summed E-state index contributed by atoms with van der Waals surface area (Å²) in [4.78, 5) is 41.7. The van der Waals surface area contributed by atoms with Crippen LogP contribution >= 0.6 is 0 Å². The Morgan fingerprint density at radius 2 is 2.17 bits per heavy atom. The van der Waals surface area contributed by atoms with Gasteiger partial charge in [0.05, 0.1) is 16.3 Å². The highest BCUT2D eigenvalue weighted by Gasteiger charge is 2.62. The monoisotopic (exact) mass is 311 g/mol. The van der Waals surface area contributed by atoms with Crippen LogP contribution in [0, 0.1) is 21.4 Å². The molecular weight excluding hydrogens is 298 g/mol. The van der Waals surface area contributed by atoms with Crippen molar-refractivity contribution in [2.24, 2.45) is 11.3 Å². The summed E-state index contributed by atoms with van der Waals surface area (Å²) in [7, 11) is 0. The maximum atomic E-state index is 12.9. The van der Waals surface area contributed by atoms with E-state index in [0.29, 0.717) is 24.0 Å². The van der Waals surface area contributed by atoms with Gasteiger partial charge in [0.25, 0.3) is 11.6 Å². The standard InChI is InChI=1S/C16H13N3O4/c1-16-6-5-9(8-10(16)19(22)23)12-13(16)15(21)18(14(12)20)11-4-2-3-7-17-11/h2-4,7-8,13H,5-6H2,1H3. The van der Waals surface area contributed by atoms with E-state index in [-0.39, 0.29) is 11.5 Å². The number of nitro groups is 1. The molecule has 7 nitrogen and oxygen atoms in total. The Balaban J connectivity index is 1.89. The minimum Gasteiger partial charge on any atom is -0.273 e. The third-order valence-electron chi connectivity index (χ3n) is 5.06. The average Bonchev–Trinajstić information content (AvgIpc) is 2.81. The predicted octanol–water partition coefficient (Wildman–Crippen LogP) is 1.84. The van der Waals surface area contributed by atoms with Gasteiger partial charge in [-0.3, -0.25) is 19.7 Å². The topological polar surface area (TPSA) is 93.4 Å². The summed E-state index contributed by atoms with van der Waals surface area (Å²) in [6.45, 7) is 1.70. The van der Waals surface area contributed by atoms with Gasteiger partial charge in [0, 0.05) is 17.8 Å². The highest BCUT2D eigenvalue weighted by atomic mass is 16.6. The molecule has 1 aromatic rings. The van der Waals surface area contributed by atoms with Gasteiger partial charge in [-0.2, -0.15) is 0 Å². The zero-order valence-corrected chi connectivity index (χ0v) is 12.4. The molecule has 2 heterocycles. The average molecular weight is 311 g/mol. The van der Waals surface area contributed by atoms with E-state index in [9.17, 15) is 19.7 Å². The van der Waals surface area contributed by atoms with E-state index in [1.165, 1.54) is 12.3 Å². The number of hydrogen-bond donors (Lipinski definition) is 0. The van der Waals surface area contributed by atoms with Gasteiger partial charge >= 0.3 is 0 Å². The van der Waals surface area contributed by atoms with Crippen LogP contribution in [0.4, 0.5) is 5.82 Å². The van der Waals surface area contributed by atoms with Crippen molar-refractivity contribution in [2.75, 3.05) is 4.90 Å². The molecule has 0 spiro atoms. The Hall–Kier alpha value is -2.83. The summed E-state index contributed by atoms with van der Waals surface area (Å²) >= 11 is 0.